The molecule has 2 aromatic carbocycles. The van der Waals surface area contributed by atoms with Crippen LogP contribution >= 0.6 is 11.9 Å². The van der Waals surface area contributed by atoms with Crippen LogP contribution in [0.4, 0.5) is 0 Å². The van der Waals surface area contributed by atoms with Crippen molar-refractivity contribution in [3.05, 3.63) is 59.7 Å². The molecule has 0 saturated heterocycles. The molecule has 2 aromatic rings. The third-order valence-electron chi connectivity index (χ3n) is 2.88. The maximum absolute atomic E-state index is 9.24. The summed E-state index contributed by atoms with van der Waals surface area (Å²) in [6.07, 6.45) is 0. The molecule has 0 saturated carbocycles. The lowest BCUT2D eigenvalue weighted by Crippen LogP contribution is -2.05. The monoisotopic (exact) mass is 243 g/mol. The van der Waals surface area contributed by atoms with Gasteiger partial charge in [-0.15, -0.1) is 0 Å². The molecule has 3 heteroatoms. The van der Waals surface area contributed by atoms with Gasteiger partial charge in [0.2, 0.25) is 0 Å². The summed E-state index contributed by atoms with van der Waals surface area (Å²) >= 11 is 1.74. The molecule has 3 rings (SSSR count). The maximum atomic E-state index is 9.24. The lowest BCUT2D eigenvalue weighted by atomic mass is 10.1. The fourth-order valence-electron chi connectivity index (χ4n) is 2.02. The fourth-order valence-corrected chi connectivity index (χ4v) is 2.99. The van der Waals surface area contributed by atoms with E-state index in [9.17, 15) is 5.11 Å². The van der Waals surface area contributed by atoms with Gasteiger partial charge in [-0.25, -0.2) is 4.31 Å². The van der Waals surface area contributed by atoms with E-state index in [2.05, 4.69) is 28.6 Å². The van der Waals surface area contributed by atoms with Gasteiger partial charge in [-0.1, -0.05) is 24.3 Å². The summed E-state index contributed by atoms with van der Waals surface area (Å²) in [7, 11) is 0. The Bertz CT molecular complexity index is 499. The molecule has 0 spiro atoms. The van der Waals surface area contributed by atoms with Crippen molar-refractivity contribution in [2.24, 2.45) is 0 Å². The first kappa shape index (κ1) is 10.7. The fraction of sp³-hybridized carbons (Fsp3) is 0.143. The molecular weight excluding hydrogens is 230 g/mol. The van der Waals surface area contributed by atoms with Gasteiger partial charge in [-0.3, -0.25) is 0 Å². The van der Waals surface area contributed by atoms with Crippen LogP contribution in [0.5, 0.6) is 5.75 Å². The van der Waals surface area contributed by atoms with E-state index in [4.69, 9.17) is 0 Å². The molecule has 0 amide bonds. The van der Waals surface area contributed by atoms with E-state index < -0.39 is 0 Å². The summed E-state index contributed by atoms with van der Waals surface area (Å²) < 4.78 is 2.33. The number of hydrogen-bond acceptors (Lipinski definition) is 3. The molecule has 2 nitrogen and oxygen atoms in total. The smallest absolute Gasteiger partial charge is 0.115 e. The second-order valence-electron chi connectivity index (χ2n) is 4.15. The van der Waals surface area contributed by atoms with Crippen molar-refractivity contribution >= 4 is 11.9 Å². The van der Waals surface area contributed by atoms with E-state index in [-0.39, 0.29) is 0 Å². The Balaban J connectivity index is 1.71. The van der Waals surface area contributed by atoms with E-state index in [0.29, 0.717) is 5.75 Å². The number of fused-ring (bicyclic) bond motifs is 1. The quantitative estimate of drug-likeness (QED) is 0.818. The second-order valence-corrected chi connectivity index (χ2v) is 5.32. The van der Waals surface area contributed by atoms with Crippen molar-refractivity contribution in [2.45, 2.75) is 18.0 Å². The summed E-state index contributed by atoms with van der Waals surface area (Å²) in [6.45, 7) is 1.98. The van der Waals surface area contributed by atoms with Gasteiger partial charge in [-0.05, 0) is 47.3 Å². The van der Waals surface area contributed by atoms with Crippen LogP contribution in [0.3, 0.4) is 0 Å². The minimum absolute atomic E-state index is 0.319. The predicted molar refractivity (Wildman–Crippen MR) is 69.7 cm³/mol. The number of aromatic hydroxyl groups is 1. The van der Waals surface area contributed by atoms with Gasteiger partial charge in [0, 0.05) is 18.0 Å². The van der Waals surface area contributed by atoms with Gasteiger partial charge in [-0.2, -0.15) is 0 Å². The molecule has 0 bridgehead atoms. The largest absolute Gasteiger partial charge is 0.508 e. The SMILES string of the molecule is Oc1ccc(SN2Cc3ccccc3C2)cc1. The van der Waals surface area contributed by atoms with Crippen LogP contribution in [0.15, 0.2) is 53.4 Å². The van der Waals surface area contributed by atoms with Crippen molar-refractivity contribution in [1.29, 1.82) is 0 Å². The van der Waals surface area contributed by atoms with Crippen molar-refractivity contribution in [3.63, 3.8) is 0 Å². The van der Waals surface area contributed by atoms with E-state index in [1.165, 1.54) is 11.1 Å². The first-order valence-corrected chi connectivity index (χ1v) is 6.37. The molecule has 0 fully saturated rings. The minimum Gasteiger partial charge on any atom is -0.508 e. The third-order valence-corrected chi connectivity index (χ3v) is 3.88. The summed E-state index contributed by atoms with van der Waals surface area (Å²) in [5.41, 5.74) is 2.83. The van der Waals surface area contributed by atoms with Crippen LogP contribution in [0.2, 0.25) is 0 Å². The van der Waals surface area contributed by atoms with Crippen LogP contribution < -0.4 is 0 Å². The molecule has 1 aliphatic rings. The Labute approximate surface area is 105 Å². The van der Waals surface area contributed by atoms with Gasteiger partial charge in [0.05, 0.1) is 0 Å². The average molecular weight is 243 g/mol. The van der Waals surface area contributed by atoms with Crippen LogP contribution in [0.1, 0.15) is 11.1 Å². The zero-order chi connectivity index (χ0) is 11.7. The molecule has 1 aliphatic heterocycles. The molecule has 0 aromatic heterocycles. The standard InChI is InChI=1S/C14H13NOS/c16-13-5-7-14(8-6-13)17-15-9-11-3-1-2-4-12(11)10-15/h1-8,16H,9-10H2. The molecule has 1 heterocycles. The Hall–Kier alpha value is -1.45. The molecule has 0 atom stereocenters. The third kappa shape index (κ3) is 2.30. The Morgan fingerprint density at radius 3 is 2.06 bits per heavy atom. The Morgan fingerprint density at radius 2 is 1.47 bits per heavy atom. The number of nitrogens with zero attached hydrogens (tertiary/aromatic N) is 1. The van der Waals surface area contributed by atoms with Crippen molar-refractivity contribution in [3.8, 4) is 5.75 Å². The van der Waals surface area contributed by atoms with E-state index in [0.717, 1.165) is 18.0 Å². The second kappa shape index (κ2) is 4.43. The summed E-state index contributed by atoms with van der Waals surface area (Å²) in [5.74, 6) is 0.319. The lowest BCUT2D eigenvalue weighted by Gasteiger charge is -2.13. The van der Waals surface area contributed by atoms with Crippen molar-refractivity contribution in [1.82, 2.24) is 4.31 Å². The van der Waals surface area contributed by atoms with Gasteiger partial charge >= 0.3 is 0 Å². The lowest BCUT2D eigenvalue weighted by molar-refractivity contribution is 0.474. The minimum atomic E-state index is 0.319. The van der Waals surface area contributed by atoms with Crippen LogP contribution in [0, 0.1) is 0 Å². The maximum Gasteiger partial charge on any atom is 0.115 e. The van der Waals surface area contributed by atoms with Crippen molar-refractivity contribution in [2.75, 3.05) is 0 Å². The molecule has 0 unspecified atom stereocenters. The number of benzene rings is 2. The highest BCUT2D eigenvalue weighted by atomic mass is 32.2. The summed E-state index contributed by atoms with van der Waals surface area (Å²) in [5, 5.41) is 9.24. The normalized spacial score (nSPS) is 14.8. The summed E-state index contributed by atoms with van der Waals surface area (Å²) in [4.78, 5) is 1.16. The van der Waals surface area contributed by atoms with Crippen LogP contribution in [-0.2, 0) is 13.1 Å². The van der Waals surface area contributed by atoms with E-state index in [1.54, 1.807) is 24.1 Å². The average Bonchev–Trinajstić information content (AvgIpc) is 2.74. The van der Waals surface area contributed by atoms with E-state index in [1.807, 2.05) is 12.1 Å². The Kier molecular flexibility index (Phi) is 2.79. The highest BCUT2D eigenvalue weighted by Gasteiger charge is 2.18. The van der Waals surface area contributed by atoms with Gasteiger partial charge in [0.15, 0.2) is 0 Å². The van der Waals surface area contributed by atoms with Gasteiger partial charge in [0.25, 0.3) is 0 Å². The predicted octanol–water partition coefficient (Wildman–Crippen LogP) is 3.42. The first-order valence-electron chi connectivity index (χ1n) is 5.60. The zero-order valence-corrected chi connectivity index (χ0v) is 10.2. The Morgan fingerprint density at radius 1 is 0.882 bits per heavy atom. The molecule has 86 valence electrons. The van der Waals surface area contributed by atoms with Crippen molar-refractivity contribution < 1.29 is 5.11 Å². The highest BCUT2D eigenvalue weighted by Crippen LogP contribution is 2.32. The molecule has 0 radical (unpaired) electrons. The molecule has 1 N–H and O–H groups in total. The molecule has 0 aliphatic carbocycles. The number of phenols is 1. The van der Waals surface area contributed by atoms with Gasteiger partial charge in [0.1, 0.15) is 5.75 Å². The number of hydrogen-bond donors (Lipinski definition) is 1. The molecule has 17 heavy (non-hydrogen) atoms. The van der Waals surface area contributed by atoms with E-state index >= 15 is 0 Å². The number of rotatable bonds is 2. The van der Waals surface area contributed by atoms with Crippen LogP contribution in [-0.4, -0.2) is 9.41 Å². The number of phenolic OH excluding ortho intramolecular Hbond substituents is 1. The topological polar surface area (TPSA) is 23.5 Å². The highest BCUT2D eigenvalue weighted by molar-refractivity contribution is 7.97. The zero-order valence-electron chi connectivity index (χ0n) is 9.34. The van der Waals surface area contributed by atoms with Crippen LogP contribution in [0.25, 0.3) is 0 Å². The first-order chi connectivity index (χ1) is 8.31. The van der Waals surface area contributed by atoms with Gasteiger partial charge < -0.3 is 5.11 Å². The summed E-state index contributed by atoms with van der Waals surface area (Å²) in [6, 6.07) is 15.9. The molecular formula is C14H13NOS.